The lowest BCUT2D eigenvalue weighted by Gasteiger charge is -2.08. The Bertz CT molecular complexity index is 396. The molecule has 6 heteroatoms. The minimum Gasteiger partial charge on any atom is -0.380 e. The van der Waals surface area contributed by atoms with E-state index in [9.17, 15) is 4.79 Å². The van der Waals surface area contributed by atoms with Gasteiger partial charge in [0, 0.05) is 13.0 Å². The molecule has 0 radical (unpaired) electrons. The van der Waals surface area contributed by atoms with Crippen LogP contribution in [0.2, 0.25) is 5.15 Å². The fourth-order valence-corrected chi connectivity index (χ4v) is 2.03. The van der Waals surface area contributed by atoms with Crippen molar-refractivity contribution in [2.45, 2.75) is 6.42 Å². The average Bonchev–Trinajstić information content (AvgIpc) is 2.25. The van der Waals surface area contributed by atoms with Gasteiger partial charge in [0.25, 0.3) is 0 Å². The van der Waals surface area contributed by atoms with E-state index in [1.54, 1.807) is 6.07 Å². The van der Waals surface area contributed by atoms with Gasteiger partial charge in [-0.15, -0.1) is 0 Å². The van der Waals surface area contributed by atoms with Crippen molar-refractivity contribution in [3.63, 3.8) is 0 Å². The topological polar surface area (TPSA) is 54.0 Å². The highest BCUT2D eigenvalue weighted by molar-refractivity contribution is 9.10. The van der Waals surface area contributed by atoms with Crippen LogP contribution in [0.1, 0.15) is 6.42 Å². The average molecular weight is 277 g/mol. The van der Waals surface area contributed by atoms with Crippen molar-refractivity contribution in [2.75, 3.05) is 17.2 Å². The SMILES string of the molecule is O=C1CCNc2c(cc(Br)nc2Cl)N1. The summed E-state index contributed by atoms with van der Waals surface area (Å²) in [6.07, 6.45) is 0.433. The minimum absolute atomic E-state index is 0.0228. The Kier molecular flexibility index (Phi) is 2.60. The Morgan fingerprint density at radius 1 is 1.57 bits per heavy atom. The fraction of sp³-hybridized carbons (Fsp3) is 0.250. The van der Waals surface area contributed by atoms with Crippen LogP contribution in [0.25, 0.3) is 0 Å². The normalized spacial score (nSPS) is 15.1. The second kappa shape index (κ2) is 3.74. The zero-order valence-corrected chi connectivity index (χ0v) is 9.44. The summed E-state index contributed by atoms with van der Waals surface area (Å²) in [6, 6.07) is 1.72. The Hall–Kier alpha value is -0.810. The molecule has 2 rings (SSSR count). The lowest BCUT2D eigenvalue weighted by molar-refractivity contribution is -0.115. The number of carbonyl (C=O) groups excluding carboxylic acids is 1. The van der Waals surface area contributed by atoms with Gasteiger partial charge in [-0.1, -0.05) is 11.6 Å². The lowest BCUT2D eigenvalue weighted by Crippen LogP contribution is -2.10. The van der Waals surface area contributed by atoms with Crippen molar-refractivity contribution in [2.24, 2.45) is 0 Å². The Morgan fingerprint density at radius 3 is 3.14 bits per heavy atom. The van der Waals surface area contributed by atoms with E-state index in [0.29, 0.717) is 34.1 Å². The highest BCUT2D eigenvalue weighted by Gasteiger charge is 2.16. The third-order valence-electron chi connectivity index (χ3n) is 1.87. The smallest absolute Gasteiger partial charge is 0.226 e. The van der Waals surface area contributed by atoms with E-state index in [1.807, 2.05) is 0 Å². The predicted molar refractivity (Wildman–Crippen MR) is 58.7 cm³/mol. The molecule has 0 aromatic carbocycles. The third-order valence-corrected chi connectivity index (χ3v) is 2.55. The summed E-state index contributed by atoms with van der Waals surface area (Å²) in [7, 11) is 0. The summed E-state index contributed by atoms with van der Waals surface area (Å²) >= 11 is 9.12. The molecule has 1 aromatic heterocycles. The van der Waals surface area contributed by atoms with Gasteiger partial charge in [-0.2, -0.15) is 0 Å². The molecule has 14 heavy (non-hydrogen) atoms. The van der Waals surface area contributed by atoms with Gasteiger partial charge in [0.1, 0.15) is 4.60 Å². The zero-order chi connectivity index (χ0) is 10.1. The van der Waals surface area contributed by atoms with Crippen LogP contribution in [0.4, 0.5) is 11.4 Å². The van der Waals surface area contributed by atoms with Crippen molar-refractivity contribution in [3.8, 4) is 0 Å². The number of nitrogens with zero attached hydrogens (tertiary/aromatic N) is 1. The van der Waals surface area contributed by atoms with Crippen molar-refractivity contribution < 1.29 is 4.79 Å². The van der Waals surface area contributed by atoms with Gasteiger partial charge in [0.05, 0.1) is 11.4 Å². The first-order chi connectivity index (χ1) is 6.66. The molecule has 0 fully saturated rings. The van der Waals surface area contributed by atoms with E-state index in [0.717, 1.165) is 0 Å². The first-order valence-corrected chi connectivity index (χ1v) is 5.23. The maximum Gasteiger partial charge on any atom is 0.226 e. The largest absolute Gasteiger partial charge is 0.380 e. The summed E-state index contributed by atoms with van der Waals surface area (Å²) in [4.78, 5) is 15.3. The molecule has 4 nitrogen and oxygen atoms in total. The molecule has 1 aromatic rings. The van der Waals surface area contributed by atoms with Gasteiger partial charge in [-0.25, -0.2) is 4.98 Å². The number of carbonyl (C=O) groups is 1. The van der Waals surface area contributed by atoms with Gasteiger partial charge in [0.2, 0.25) is 5.91 Å². The number of nitrogens with one attached hydrogen (secondary N) is 2. The van der Waals surface area contributed by atoms with Gasteiger partial charge in [-0.3, -0.25) is 4.79 Å². The summed E-state index contributed by atoms with van der Waals surface area (Å²) < 4.78 is 0.602. The molecule has 1 aliphatic rings. The van der Waals surface area contributed by atoms with Crippen molar-refractivity contribution in [1.82, 2.24) is 4.98 Å². The number of hydrogen-bond acceptors (Lipinski definition) is 3. The molecular weight excluding hydrogens is 269 g/mol. The number of hydrogen-bond donors (Lipinski definition) is 2. The number of anilines is 2. The van der Waals surface area contributed by atoms with E-state index >= 15 is 0 Å². The van der Waals surface area contributed by atoms with E-state index in [1.165, 1.54) is 0 Å². The maximum absolute atomic E-state index is 11.2. The minimum atomic E-state index is -0.0228. The molecule has 0 saturated heterocycles. The second-order valence-electron chi connectivity index (χ2n) is 2.88. The van der Waals surface area contributed by atoms with Crippen LogP contribution >= 0.6 is 27.5 Å². The van der Waals surface area contributed by atoms with Crippen molar-refractivity contribution in [1.29, 1.82) is 0 Å². The highest BCUT2D eigenvalue weighted by Crippen LogP contribution is 2.32. The van der Waals surface area contributed by atoms with E-state index in [4.69, 9.17) is 11.6 Å². The summed E-state index contributed by atoms with van der Waals surface area (Å²) in [6.45, 7) is 0.571. The van der Waals surface area contributed by atoms with Gasteiger partial charge in [-0.05, 0) is 22.0 Å². The zero-order valence-electron chi connectivity index (χ0n) is 7.10. The van der Waals surface area contributed by atoms with Crippen LogP contribution in [0.3, 0.4) is 0 Å². The third kappa shape index (κ3) is 1.83. The van der Waals surface area contributed by atoms with Crippen LogP contribution in [-0.4, -0.2) is 17.4 Å². The molecule has 1 amide bonds. The quantitative estimate of drug-likeness (QED) is 0.715. The number of pyridine rings is 1. The van der Waals surface area contributed by atoms with Gasteiger partial charge >= 0.3 is 0 Å². The number of halogens is 2. The van der Waals surface area contributed by atoms with Gasteiger partial charge in [0.15, 0.2) is 5.15 Å². The second-order valence-corrected chi connectivity index (χ2v) is 4.05. The van der Waals surface area contributed by atoms with Crippen LogP contribution in [0.5, 0.6) is 0 Å². The molecule has 0 saturated carbocycles. The first kappa shape index (κ1) is 9.73. The molecule has 2 N–H and O–H groups in total. The van der Waals surface area contributed by atoms with E-state index in [2.05, 4.69) is 31.5 Å². The molecule has 1 aliphatic heterocycles. The standard InChI is InChI=1S/C8H7BrClN3O/c9-5-3-4-7(8(10)13-5)11-2-1-6(14)12-4/h3,11H,1-2H2,(H,12,14). The molecule has 2 heterocycles. The molecule has 0 spiro atoms. The number of rotatable bonds is 0. The number of aromatic nitrogens is 1. The van der Waals surface area contributed by atoms with Crippen LogP contribution in [-0.2, 0) is 4.79 Å². The van der Waals surface area contributed by atoms with Crippen LogP contribution in [0.15, 0.2) is 10.7 Å². The van der Waals surface area contributed by atoms with Crippen molar-refractivity contribution >= 4 is 44.8 Å². The lowest BCUT2D eigenvalue weighted by atomic mass is 10.3. The number of amides is 1. The molecule has 74 valence electrons. The Morgan fingerprint density at radius 2 is 2.36 bits per heavy atom. The summed E-state index contributed by atoms with van der Waals surface area (Å²) in [5.41, 5.74) is 1.35. The van der Waals surface area contributed by atoms with Crippen LogP contribution in [0, 0.1) is 0 Å². The fourth-order valence-electron chi connectivity index (χ4n) is 1.26. The summed E-state index contributed by atoms with van der Waals surface area (Å²) in [5.74, 6) is -0.0228. The predicted octanol–water partition coefficient (Wildman–Crippen LogP) is 2.25. The molecular formula is C8H7BrClN3O. The Labute approximate surface area is 94.2 Å². The van der Waals surface area contributed by atoms with Gasteiger partial charge < -0.3 is 10.6 Å². The molecule has 0 bridgehead atoms. The highest BCUT2D eigenvalue weighted by atomic mass is 79.9. The monoisotopic (exact) mass is 275 g/mol. The molecule has 0 unspecified atom stereocenters. The van der Waals surface area contributed by atoms with Crippen LogP contribution < -0.4 is 10.6 Å². The first-order valence-electron chi connectivity index (χ1n) is 4.06. The maximum atomic E-state index is 11.2. The number of fused-ring (bicyclic) bond motifs is 1. The molecule has 0 atom stereocenters. The van der Waals surface area contributed by atoms with E-state index < -0.39 is 0 Å². The molecule has 0 aliphatic carbocycles. The Balaban J connectivity index is 2.50. The van der Waals surface area contributed by atoms with Crippen molar-refractivity contribution in [3.05, 3.63) is 15.8 Å². The van der Waals surface area contributed by atoms with E-state index in [-0.39, 0.29) is 5.91 Å². The summed E-state index contributed by atoms with van der Waals surface area (Å²) in [5, 5.41) is 6.16.